The van der Waals surface area contributed by atoms with Gasteiger partial charge in [-0.3, -0.25) is 0 Å². The predicted molar refractivity (Wildman–Crippen MR) is 79.6 cm³/mol. The first-order valence-corrected chi connectivity index (χ1v) is 8.26. The minimum Gasteiger partial charge on any atom is -0.397 e. The van der Waals surface area contributed by atoms with Gasteiger partial charge in [0.15, 0.2) is 0 Å². The average molecular weight is 279 g/mol. The second kappa shape index (κ2) is 4.67. The van der Waals surface area contributed by atoms with Gasteiger partial charge >= 0.3 is 0 Å². The average Bonchev–Trinajstić information content (AvgIpc) is 3.13. The van der Waals surface area contributed by atoms with E-state index in [1.165, 1.54) is 29.2 Å². The van der Waals surface area contributed by atoms with Crippen LogP contribution in [0.2, 0.25) is 0 Å². The maximum Gasteiger partial charge on any atom is 0.130 e. The van der Waals surface area contributed by atoms with Gasteiger partial charge in [-0.1, -0.05) is 6.92 Å². The Balaban J connectivity index is 1.97. The molecule has 5 heteroatoms. The fraction of sp³-hybridized carbons (Fsp3) is 0.615. The molecular weight excluding hydrogens is 262 g/mol. The van der Waals surface area contributed by atoms with Gasteiger partial charge in [-0.05, 0) is 18.8 Å². The molecule has 1 saturated heterocycles. The van der Waals surface area contributed by atoms with Crippen LogP contribution in [0.15, 0.2) is 0 Å². The van der Waals surface area contributed by atoms with Gasteiger partial charge in [-0.15, -0.1) is 11.3 Å². The van der Waals surface area contributed by atoms with Crippen molar-refractivity contribution in [2.75, 3.05) is 29.5 Å². The Kier molecular flexibility index (Phi) is 3.16. The van der Waals surface area contributed by atoms with E-state index in [-0.39, 0.29) is 0 Å². The summed E-state index contributed by atoms with van der Waals surface area (Å²) in [4.78, 5) is 3.15. The number of nitrogens with zero attached hydrogens (tertiary/aromatic N) is 2. The number of thioether (sulfide) groups is 1. The van der Waals surface area contributed by atoms with Crippen molar-refractivity contribution in [3.63, 3.8) is 0 Å². The third-order valence-electron chi connectivity index (χ3n) is 3.58. The molecular formula is C13H17N3S2. The maximum absolute atomic E-state index is 9.17. The molecule has 0 bridgehead atoms. The second-order valence-electron chi connectivity index (χ2n) is 5.08. The van der Waals surface area contributed by atoms with E-state index in [4.69, 9.17) is 11.0 Å². The standard InChI is InChI=1S/C13H17N3S2/c1-8-7-16(4-5-17-8)13-11(9-2-3-9)12(15)10(6-14)18-13/h8-9H,2-5,7,15H2,1H3. The Morgan fingerprint density at radius 3 is 2.83 bits per heavy atom. The van der Waals surface area contributed by atoms with Crippen molar-refractivity contribution in [1.82, 2.24) is 0 Å². The summed E-state index contributed by atoms with van der Waals surface area (Å²) in [6, 6.07) is 2.25. The van der Waals surface area contributed by atoms with Gasteiger partial charge in [0.2, 0.25) is 0 Å². The molecule has 1 aromatic rings. The molecule has 96 valence electrons. The first-order valence-electron chi connectivity index (χ1n) is 6.39. The van der Waals surface area contributed by atoms with E-state index in [0.29, 0.717) is 16.0 Å². The molecule has 3 rings (SSSR count). The van der Waals surface area contributed by atoms with Crippen LogP contribution in [-0.2, 0) is 0 Å². The summed E-state index contributed by atoms with van der Waals surface area (Å²) >= 11 is 3.62. The van der Waals surface area contributed by atoms with Crippen LogP contribution in [0.25, 0.3) is 0 Å². The summed E-state index contributed by atoms with van der Waals surface area (Å²) in [6.45, 7) is 4.44. The molecule has 1 unspecified atom stereocenters. The highest BCUT2D eigenvalue weighted by Gasteiger charge is 2.34. The van der Waals surface area contributed by atoms with E-state index >= 15 is 0 Å². The number of nitriles is 1. The Bertz CT molecular complexity index is 499. The van der Waals surface area contributed by atoms with Gasteiger partial charge in [0.1, 0.15) is 10.9 Å². The molecule has 2 fully saturated rings. The molecule has 2 N–H and O–H groups in total. The van der Waals surface area contributed by atoms with Gasteiger partial charge in [-0.25, -0.2) is 0 Å². The van der Waals surface area contributed by atoms with Crippen molar-refractivity contribution in [1.29, 1.82) is 5.26 Å². The summed E-state index contributed by atoms with van der Waals surface area (Å²) in [5.74, 6) is 1.79. The fourth-order valence-electron chi connectivity index (χ4n) is 2.53. The number of hydrogen-bond acceptors (Lipinski definition) is 5. The third kappa shape index (κ3) is 2.08. The van der Waals surface area contributed by atoms with Crippen molar-refractivity contribution >= 4 is 33.8 Å². The normalized spacial score (nSPS) is 24.0. The summed E-state index contributed by atoms with van der Waals surface area (Å²) in [6.07, 6.45) is 2.47. The second-order valence-corrected chi connectivity index (χ2v) is 7.62. The number of hydrogen-bond donors (Lipinski definition) is 1. The van der Waals surface area contributed by atoms with Crippen LogP contribution in [0, 0.1) is 11.3 Å². The molecule has 3 nitrogen and oxygen atoms in total. The predicted octanol–water partition coefficient (Wildman–Crippen LogP) is 3.02. The Labute approximate surface area is 116 Å². The number of rotatable bonds is 2. The molecule has 2 heterocycles. The molecule has 1 saturated carbocycles. The molecule has 1 aliphatic heterocycles. The van der Waals surface area contributed by atoms with Crippen molar-refractivity contribution in [3.8, 4) is 6.07 Å². The molecule has 0 aromatic carbocycles. The maximum atomic E-state index is 9.17. The number of nitrogen functional groups attached to an aromatic ring is 1. The van der Waals surface area contributed by atoms with Gasteiger partial charge < -0.3 is 10.6 Å². The Morgan fingerprint density at radius 2 is 2.22 bits per heavy atom. The lowest BCUT2D eigenvalue weighted by Crippen LogP contribution is -2.36. The first-order chi connectivity index (χ1) is 8.70. The van der Waals surface area contributed by atoms with Gasteiger partial charge in [0.25, 0.3) is 0 Å². The lowest BCUT2D eigenvalue weighted by atomic mass is 10.1. The molecule has 0 spiro atoms. The van der Waals surface area contributed by atoms with Gasteiger partial charge in [0, 0.05) is 29.7 Å². The van der Waals surface area contributed by atoms with Crippen LogP contribution in [0.4, 0.5) is 10.7 Å². The zero-order valence-electron chi connectivity index (χ0n) is 10.5. The van der Waals surface area contributed by atoms with Crippen LogP contribution in [0.3, 0.4) is 0 Å². The van der Waals surface area contributed by atoms with E-state index in [2.05, 4.69) is 17.9 Å². The quantitative estimate of drug-likeness (QED) is 0.904. The zero-order valence-corrected chi connectivity index (χ0v) is 12.1. The molecule has 1 aromatic heterocycles. The largest absolute Gasteiger partial charge is 0.397 e. The van der Waals surface area contributed by atoms with Crippen LogP contribution in [-0.4, -0.2) is 24.1 Å². The van der Waals surface area contributed by atoms with E-state index in [1.54, 1.807) is 11.3 Å². The molecule has 2 aliphatic rings. The summed E-state index contributed by atoms with van der Waals surface area (Å²) in [5, 5.41) is 11.1. The van der Waals surface area contributed by atoms with E-state index < -0.39 is 0 Å². The summed E-state index contributed by atoms with van der Waals surface area (Å²) < 4.78 is 0. The lowest BCUT2D eigenvalue weighted by Gasteiger charge is -2.32. The molecule has 0 radical (unpaired) electrons. The monoisotopic (exact) mass is 279 g/mol. The minimum atomic E-state index is 0.614. The van der Waals surface area contributed by atoms with E-state index in [9.17, 15) is 0 Å². The SMILES string of the molecule is CC1CN(c2sc(C#N)c(N)c2C2CC2)CCS1. The van der Waals surface area contributed by atoms with Crippen molar-refractivity contribution < 1.29 is 0 Å². The van der Waals surface area contributed by atoms with Crippen LogP contribution >= 0.6 is 23.1 Å². The minimum absolute atomic E-state index is 0.614. The third-order valence-corrected chi connectivity index (χ3v) is 5.90. The molecule has 0 amide bonds. The summed E-state index contributed by atoms with van der Waals surface area (Å²) in [5.41, 5.74) is 8.18. The number of anilines is 2. The van der Waals surface area contributed by atoms with E-state index in [0.717, 1.165) is 18.8 Å². The Morgan fingerprint density at radius 1 is 1.44 bits per heavy atom. The highest BCUT2D eigenvalue weighted by molar-refractivity contribution is 8.00. The first kappa shape index (κ1) is 12.2. The van der Waals surface area contributed by atoms with Gasteiger partial charge in [-0.2, -0.15) is 17.0 Å². The summed E-state index contributed by atoms with van der Waals surface area (Å²) in [7, 11) is 0. The molecule has 18 heavy (non-hydrogen) atoms. The molecule has 1 atom stereocenters. The van der Waals surface area contributed by atoms with Crippen LogP contribution < -0.4 is 10.6 Å². The van der Waals surface area contributed by atoms with Gasteiger partial charge in [0.05, 0.1) is 10.7 Å². The topological polar surface area (TPSA) is 53.0 Å². The highest BCUT2D eigenvalue weighted by atomic mass is 32.2. The number of nitrogens with two attached hydrogens (primary N) is 1. The lowest BCUT2D eigenvalue weighted by molar-refractivity contribution is 0.785. The number of thiophene rings is 1. The van der Waals surface area contributed by atoms with Crippen molar-refractivity contribution in [2.24, 2.45) is 0 Å². The zero-order chi connectivity index (χ0) is 12.7. The fourth-order valence-corrected chi connectivity index (χ4v) is 4.69. The van der Waals surface area contributed by atoms with E-state index in [1.807, 2.05) is 11.8 Å². The smallest absolute Gasteiger partial charge is 0.130 e. The van der Waals surface area contributed by atoms with Crippen LogP contribution in [0.1, 0.15) is 36.1 Å². The van der Waals surface area contributed by atoms with Crippen LogP contribution in [0.5, 0.6) is 0 Å². The highest BCUT2D eigenvalue weighted by Crippen LogP contribution is 2.52. The Hall–Kier alpha value is -0.860. The molecule has 1 aliphatic carbocycles. The van der Waals surface area contributed by atoms with Crippen molar-refractivity contribution in [2.45, 2.75) is 30.9 Å². The van der Waals surface area contributed by atoms with Crippen molar-refractivity contribution in [3.05, 3.63) is 10.4 Å².